The van der Waals surface area contributed by atoms with Crippen molar-refractivity contribution >= 4 is 62.7 Å². The third-order valence-electron chi connectivity index (χ3n) is 9.12. The van der Waals surface area contributed by atoms with Crippen LogP contribution in [0.3, 0.4) is 0 Å². The summed E-state index contributed by atoms with van der Waals surface area (Å²) >= 11 is 0. The zero-order valence-electron chi connectivity index (χ0n) is 26.1. The molecule has 1 N–H and O–H groups in total. The van der Waals surface area contributed by atoms with Gasteiger partial charge in [-0.05, 0) is 92.1 Å². The zero-order valence-corrected chi connectivity index (χ0v) is 26.1. The Morgan fingerprint density at radius 2 is 1.22 bits per heavy atom. The molecule has 0 radical (unpaired) electrons. The molecule has 1 heterocycles. The van der Waals surface area contributed by atoms with Crippen molar-refractivity contribution in [3.63, 3.8) is 0 Å². The summed E-state index contributed by atoms with van der Waals surface area (Å²) in [6.45, 7) is 7.39. The molecule has 0 spiro atoms. The van der Waals surface area contributed by atoms with Gasteiger partial charge in [-0.25, -0.2) is 0 Å². The average molecular weight is 590 g/mol. The molecule has 0 aliphatic heterocycles. The molecule has 7 rings (SSSR count). The van der Waals surface area contributed by atoms with Gasteiger partial charge in [0.05, 0.1) is 22.3 Å². The van der Waals surface area contributed by atoms with Crippen LogP contribution in [0.4, 0.5) is 17.1 Å². The molecule has 0 amide bonds. The average Bonchev–Trinajstić information content (AvgIpc) is 3.44. The number of benzene rings is 6. The Morgan fingerprint density at radius 1 is 0.622 bits per heavy atom. The molecule has 1 aromatic heterocycles. The SMILES string of the molecule is CC(C)(O)C(C)(C)OBc1ccc(N(c2ccc(-c3cccc4ccccc34)cc2)c2cccc3oc4ccccc4c23)cc1. The molecule has 0 atom stereocenters. The van der Waals surface area contributed by atoms with Crippen LogP contribution in [0.5, 0.6) is 0 Å². The van der Waals surface area contributed by atoms with Crippen LogP contribution >= 0.6 is 0 Å². The molecule has 0 fully saturated rings. The fourth-order valence-electron chi connectivity index (χ4n) is 5.82. The number of furan rings is 1. The third-order valence-corrected chi connectivity index (χ3v) is 9.12. The number of para-hydroxylation sites is 1. The van der Waals surface area contributed by atoms with Crippen molar-refractivity contribution in [2.45, 2.75) is 38.9 Å². The van der Waals surface area contributed by atoms with Crippen LogP contribution in [-0.4, -0.2) is 23.8 Å². The molecular weight excluding hydrogens is 553 g/mol. The summed E-state index contributed by atoms with van der Waals surface area (Å²) < 4.78 is 12.4. The van der Waals surface area contributed by atoms with Crippen LogP contribution in [0.2, 0.25) is 0 Å². The molecule has 0 aliphatic rings. The van der Waals surface area contributed by atoms with Gasteiger partial charge in [0, 0.05) is 16.8 Å². The van der Waals surface area contributed by atoms with Gasteiger partial charge in [-0.1, -0.05) is 96.5 Å². The summed E-state index contributed by atoms with van der Waals surface area (Å²) in [5, 5.41) is 15.2. The minimum Gasteiger partial charge on any atom is -0.456 e. The Kier molecular flexibility index (Phi) is 7.24. The first-order valence-corrected chi connectivity index (χ1v) is 15.4. The lowest BCUT2D eigenvalue weighted by atomic mass is 9.82. The quantitative estimate of drug-likeness (QED) is 0.179. The van der Waals surface area contributed by atoms with Crippen LogP contribution < -0.4 is 10.4 Å². The second-order valence-corrected chi connectivity index (χ2v) is 12.7. The lowest BCUT2D eigenvalue weighted by Crippen LogP contribution is -2.49. The van der Waals surface area contributed by atoms with Crippen molar-refractivity contribution in [3.8, 4) is 11.1 Å². The zero-order chi connectivity index (χ0) is 31.2. The van der Waals surface area contributed by atoms with E-state index in [4.69, 9.17) is 9.07 Å². The molecule has 6 aromatic carbocycles. The highest BCUT2D eigenvalue weighted by atomic mass is 16.5. The maximum absolute atomic E-state index is 10.5. The van der Waals surface area contributed by atoms with Crippen molar-refractivity contribution < 1.29 is 14.2 Å². The second kappa shape index (κ2) is 11.3. The van der Waals surface area contributed by atoms with Crippen molar-refractivity contribution in [2.24, 2.45) is 0 Å². The van der Waals surface area contributed by atoms with Crippen molar-refractivity contribution in [3.05, 3.63) is 133 Å². The maximum Gasteiger partial charge on any atom is 0.309 e. The van der Waals surface area contributed by atoms with Crippen LogP contribution in [0.1, 0.15) is 27.7 Å². The monoisotopic (exact) mass is 589 g/mol. The molecular formula is C40H36BNO3. The second-order valence-electron chi connectivity index (χ2n) is 12.7. The molecule has 0 unspecified atom stereocenters. The van der Waals surface area contributed by atoms with Gasteiger partial charge in [0.2, 0.25) is 0 Å². The normalized spacial score (nSPS) is 12.2. The van der Waals surface area contributed by atoms with E-state index in [-0.39, 0.29) is 0 Å². The summed E-state index contributed by atoms with van der Waals surface area (Å²) in [7, 11) is 0.402. The fourth-order valence-corrected chi connectivity index (χ4v) is 5.82. The van der Waals surface area contributed by atoms with Gasteiger partial charge in [-0.2, -0.15) is 0 Å². The Hall–Kier alpha value is -4.84. The lowest BCUT2D eigenvalue weighted by molar-refractivity contribution is -0.0893. The largest absolute Gasteiger partial charge is 0.456 e. The highest BCUT2D eigenvalue weighted by Gasteiger charge is 2.35. The summed E-state index contributed by atoms with van der Waals surface area (Å²) in [5.74, 6) is 0. The molecule has 0 saturated heterocycles. The van der Waals surface area contributed by atoms with Crippen LogP contribution in [0.25, 0.3) is 43.8 Å². The Morgan fingerprint density at radius 3 is 1.96 bits per heavy atom. The minimum absolute atomic E-state index is 0.402. The van der Waals surface area contributed by atoms with Crippen LogP contribution in [-0.2, 0) is 4.65 Å². The van der Waals surface area contributed by atoms with Gasteiger partial charge in [0.1, 0.15) is 11.2 Å². The third kappa shape index (κ3) is 5.39. The number of hydrogen-bond donors (Lipinski definition) is 1. The van der Waals surface area contributed by atoms with E-state index in [9.17, 15) is 5.11 Å². The highest BCUT2D eigenvalue weighted by Crippen LogP contribution is 2.43. The first-order chi connectivity index (χ1) is 21.7. The van der Waals surface area contributed by atoms with Crippen molar-refractivity contribution in [1.29, 1.82) is 0 Å². The van der Waals surface area contributed by atoms with Gasteiger partial charge >= 0.3 is 7.48 Å². The summed E-state index contributed by atoms with van der Waals surface area (Å²) in [6, 6.07) is 46.7. The van der Waals surface area contributed by atoms with E-state index in [2.05, 4.69) is 120 Å². The maximum atomic E-state index is 10.5. The molecule has 45 heavy (non-hydrogen) atoms. The standard InChI is InChI=1S/C40H36BNO3/c1-39(2,43)40(3,4)45-41-29-21-25-31(26-22-29)42(35-16-10-18-37-38(35)34-14-7-8-17-36(34)44-37)30-23-19-28(20-24-30)33-15-9-12-27-11-5-6-13-32(27)33/h5-26,41,43H,1-4H3. The summed E-state index contributed by atoms with van der Waals surface area (Å²) in [4.78, 5) is 2.29. The summed E-state index contributed by atoms with van der Waals surface area (Å²) in [5.41, 5.74) is 6.60. The van der Waals surface area contributed by atoms with Crippen LogP contribution in [0, 0.1) is 0 Å². The Bertz CT molecular complexity index is 2120. The molecule has 0 bridgehead atoms. The smallest absolute Gasteiger partial charge is 0.309 e. The van der Waals surface area contributed by atoms with Gasteiger partial charge in [0.15, 0.2) is 0 Å². The molecule has 0 saturated carbocycles. The molecule has 4 nitrogen and oxygen atoms in total. The van der Waals surface area contributed by atoms with Gasteiger partial charge in [-0.3, -0.25) is 0 Å². The molecule has 7 aromatic rings. The number of rotatable bonds is 8. The van der Waals surface area contributed by atoms with Crippen LogP contribution in [0.15, 0.2) is 138 Å². The molecule has 222 valence electrons. The van der Waals surface area contributed by atoms with E-state index in [0.29, 0.717) is 7.48 Å². The number of fused-ring (bicyclic) bond motifs is 4. The van der Waals surface area contributed by atoms with E-state index in [1.54, 1.807) is 13.8 Å². The van der Waals surface area contributed by atoms with Gasteiger partial charge in [0.25, 0.3) is 0 Å². The fraction of sp³-hybridized carbons (Fsp3) is 0.150. The molecule has 5 heteroatoms. The minimum atomic E-state index is -0.964. The number of nitrogens with zero attached hydrogens (tertiary/aromatic N) is 1. The van der Waals surface area contributed by atoms with Gasteiger partial charge < -0.3 is 19.1 Å². The van der Waals surface area contributed by atoms with E-state index < -0.39 is 11.2 Å². The van der Waals surface area contributed by atoms with E-state index in [1.807, 2.05) is 32.0 Å². The first kappa shape index (κ1) is 28.9. The van der Waals surface area contributed by atoms with Crippen molar-refractivity contribution in [2.75, 3.05) is 4.90 Å². The Labute approximate surface area is 264 Å². The first-order valence-electron chi connectivity index (χ1n) is 15.4. The van der Waals surface area contributed by atoms with Gasteiger partial charge in [-0.15, -0.1) is 0 Å². The lowest BCUT2D eigenvalue weighted by Gasteiger charge is -2.37. The highest BCUT2D eigenvalue weighted by molar-refractivity contribution is 6.47. The topological polar surface area (TPSA) is 45.8 Å². The Balaban J connectivity index is 1.32. The number of hydrogen-bond acceptors (Lipinski definition) is 4. The molecule has 0 aliphatic carbocycles. The summed E-state index contributed by atoms with van der Waals surface area (Å²) in [6.07, 6.45) is 0. The van der Waals surface area contributed by atoms with E-state index in [1.165, 1.54) is 21.9 Å². The predicted molar refractivity (Wildman–Crippen MR) is 190 cm³/mol. The van der Waals surface area contributed by atoms with E-state index in [0.717, 1.165) is 44.5 Å². The van der Waals surface area contributed by atoms with E-state index >= 15 is 0 Å². The number of aliphatic hydroxyl groups is 1. The number of anilines is 3. The van der Waals surface area contributed by atoms with Crippen molar-refractivity contribution in [1.82, 2.24) is 0 Å². The predicted octanol–water partition coefficient (Wildman–Crippen LogP) is 9.42.